The molecule has 0 aliphatic carbocycles. The van der Waals surface area contributed by atoms with E-state index < -0.39 is 4.92 Å². The highest BCUT2D eigenvalue weighted by Gasteiger charge is 2.14. The van der Waals surface area contributed by atoms with Gasteiger partial charge in [0.2, 0.25) is 0 Å². The number of aliphatic hydroxyl groups is 1. The molecule has 3 N–H and O–H groups in total. The molecule has 0 spiro atoms. The highest BCUT2D eigenvalue weighted by atomic mass is 35.5. The van der Waals surface area contributed by atoms with E-state index in [1.54, 1.807) is 0 Å². The van der Waals surface area contributed by atoms with Crippen molar-refractivity contribution >= 4 is 23.0 Å². The van der Waals surface area contributed by atoms with Crippen LogP contribution in [0.2, 0.25) is 5.02 Å². The fourth-order valence-electron chi connectivity index (χ4n) is 1.04. The number of anilines is 1. The van der Waals surface area contributed by atoms with Crippen molar-refractivity contribution in [2.75, 3.05) is 12.3 Å². The molecule has 0 amide bonds. The molecule has 0 atom stereocenters. The molecule has 0 saturated heterocycles. The summed E-state index contributed by atoms with van der Waals surface area (Å²) in [5.41, 5.74) is 5.54. The van der Waals surface area contributed by atoms with Gasteiger partial charge in [0, 0.05) is 12.5 Å². The van der Waals surface area contributed by atoms with Gasteiger partial charge in [0.15, 0.2) is 0 Å². The lowest BCUT2D eigenvalue weighted by Gasteiger charge is -2.00. The first-order valence-corrected chi connectivity index (χ1v) is 4.77. The molecule has 0 fully saturated rings. The number of nitro benzene ring substituents is 1. The Morgan fingerprint density at radius 1 is 1.56 bits per heavy atom. The number of nitrogens with zero attached hydrogens (tertiary/aromatic N) is 1. The molecule has 0 aliphatic rings. The Kier molecular flexibility index (Phi) is 4.11. The Morgan fingerprint density at radius 2 is 2.25 bits per heavy atom. The van der Waals surface area contributed by atoms with Crippen molar-refractivity contribution in [3.8, 4) is 11.8 Å². The standard InChI is InChI=1S/C10H9ClN2O3/c11-8-6-9(12)10(13(15)16)5-7(8)3-1-2-4-14/h5-6,14H,2,4,12H2. The molecule has 0 aromatic heterocycles. The van der Waals surface area contributed by atoms with Gasteiger partial charge in [-0.2, -0.15) is 0 Å². The van der Waals surface area contributed by atoms with Crippen LogP contribution < -0.4 is 5.73 Å². The first kappa shape index (κ1) is 12.3. The number of nitrogen functional groups attached to an aromatic ring is 1. The second kappa shape index (κ2) is 5.35. The molecule has 6 heteroatoms. The molecule has 0 unspecified atom stereocenters. The van der Waals surface area contributed by atoms with Gasteiger partial charge in [-0.15, -0.1) is 0 Å². The second-order valence-electron chi connectivity index (χ2n) is 2.92. The van der Waals surface area contributed by atoms with Crippen LogP contribution in [0.1, 0.15) is 12.0 Å². The summed E-state index contributed by atoms with van der Waals surface area (Å²) < 4.78 is 0. The van der Waals surface area contributed by atoms with Gasteiger partial charge in [-0.25, -0.2) is 0 Å². The molecule has 1 aromatic rings. The topological polar surface area (TPSA) is 89.4 Å². The quantitative estimate of drug-likeness (QED) is 0.355. The van der Waals surface area contributed by atoms with Gasteiger partial charge in [0.05, 0.1) is 22.1 Å². The Bertz CT molecular complexity index is 477. The van der Waals surface area contributed by atoms with E-state index in [0.29, 0.717) is 5.56 Å². The monoisotopic (exact) mass is 240 g/mol. The number of aliphatic hydroxyl groups excluding tert-OH is 1. The molecule has 16 heavy (non-hydrogen) atoms. The van der Waals surface area contributed by atoms with Crippen LogP contribution in [-0.4, -0.2) is 16.6 Å². The maximum absolute atomic E-state index is 10.6. The van der Waals surface area contributed by atoms with E-state index >= 15 is 0 Å². The van der Waals surface area contributed by atoms with Crippen molar-refractivity contribution in [3.63, 3.8) is 0 Å². The summed E-state index contributed by atoms with van der Waals surface area (Å²) in [5, 5.41) is 19.4. The molecule has 0 aliphatic heterocycles. The van der Waals surface area contributed by atoms with Crippen molar-refractivity contribution in [1.82, 2.24) is 0 Å². The van der Waals surface area contributed by atoms with Crippen LogP contribution in [0.25, 0.3) is 0 Å². The second-order valence-corrected chi connectivity index (χ2v) is 3.33. The van der Waals surface area contributed by atoms with Gasteiger partial charge >= 0.3 is 0 Å². The average molecular weight is 241 g/mol. The van der Waals surface area contributed by atoms with Crippen LogP contribution in [-0.2, 0) is 0 Å². The fraction of sp³-hybridized carbons (Fsp3) is 0.200. The minimum atomic E-state index is -0.594. The third kappa shape index (κ3) is 2.86. The summed E-state index contributed by atoms with van der Waals surface area (Å²) in [5.74, 6) is 5.26. The predicted molar refractivity (Wildman–Crippen MR) is 61.1 cm³/mol. The van der Waals surface area contributed by atoms with Gasteiger partial charge in [0.25, 0.3) is 5.69 Å². The maximum atomic E-state index is 10.6. The normalized spacial score (nSPS) is 9.38. The number of nitro groups is 1. The Labute approximate surface area is 97.0 Å². The van der Waals surface area contributed by atoms with Crippen LogP contribution in [0.4, 0.5) is 11.4 Å². The lowest BCUT2D eigenvalue weighted by molar-refractivity contribution is -0.383. The zero-order valence-corrected chi connectivity index (χ0v) is 8.99. The summed E-state index contributed by atoms with van der Waals surface area (Å²) in [6.07, 6.45) is 0.286. The van der Waals surface area contributed by atoms with E-state index in [1.165, 1.54) is 12.1 Å². The lowest BCUT2D eigenvalue weighted by atomic mass is 10.1. The van der Waals surface area contributed by atoms with E-state index in [1.807, 2.05) is 0 Å². The average Bonchev–Trinajstić information content (AvgIpc) is 2.21. The van der Waals surface area contributed by atoms with Crippen LogP contribution in [0.3, 0.4) is 0 Å². The summed E-state index contributed by atoms with van der Waals surface area (Å²) in [7, 11) is 0. The molecule has 84 valence electrons. The molecule has 0 heterocycles. The van der Waals surface area contributed by atoms with Gasteiger partial charge in [-0.1, -0.05) is 23.4 Å². The Hall–Kier alpha value is -1.77. The molecule has 1 aromatic carbocycles. The molecular weight excluding hydrogens is 232 g/mol. The van der Waals surface area contributed by atoms with Gasteiger partial charge in [0.1, 0.15) is 5.69 Å². The molecule has 0 bridgehead atoms. The molecule has 5 nitrogen and oxygen atoms in total. The third-order valence-electron chi connectivity index (χ3n) is 1.77. The van der Waals surface area contributed by atoms with Crippen molar-refractivity contribution in [3.05, 3.63) is 32.8 Å². The number of halogens is 1. The minimum absolute atomic E-state index is 0.00251. The van der Waals surface area contributed by atoms with Crippen LogP contribution in [0.15, 0.2) is 12.1 Å². The van der Waals surface area contributed by atoms with E-state index in [4.69, 9.17) is 22.4 Å². The zero-order valence-electron chi connectivity index (χ0n) is 8.24. The molecule has 1 rings (SSSR count). The molecule has 0 radical (unpaired) electrons. The van der Waals surface area contributed by atoms with E-state index in [9.17, 15) is 10.1 Å². The summed E-state index contributed by atoms with van der Waals surface area (Å²) in [6.45, 7) is -0.0678. The highest BCUT2D eigenvalue weighted by Crippen LogP contribution is 2.28. The van der Waals surface area contributed by atoms with E-state index in [2.05, 4.69) is 11.8 Å². The van der Waals surface area contributed by atoms with Crippen molar-refractivity contribution in [1.29, 1.82) is 0 Å². The number of hydrogen-bond acceptors (Lipinski definition) is 4. The highest BCUT2D eigenvalue weighted by molar-refractivity contribution is 6.32. The van der Waals surface area contributed by atoms with Gasteiger partial charge in [-0.3, -0.25) is 10.1 Å². The summed E-state index contributed by atoms with van der Waals surface area (Å²) in [4.78, 5) is 10.0. The van der Waals surface area contributed by atoms with E-state index in [-0.39, 0.29) is 29.4 Å². The fourth-order valence-corrected chi connectivity index (χ4v) is 1.26. The first-order valence-electron chi connectivity index (χ1n) is 4.39. The number of rotatable bonds is 2. The van der Waals surface area contributed by atoms with Crippen LogP contribution in [0.5, 0.6) is 0 Å². The lowest BCUT2D eigenvalue weighted by Crippen LogP contribution is -1.96. The first-order chi connectivity index (χ1) is 7.56. The third-order valence-corrected chi connectivity index (χ3v) is 2.09. The van der Waals surface area contributed by atoms with Crippen LogP contribution in [0, 0.1) is 22.0 Å². The molecule has 0 saturated carbocycles. The van der Waals surface area contributed by atoms with Crippen molar-refractivity contribution < 1.29 is 10.0 Å². The van der Waals surface area contributed by atoms with Crippen LogP contribution >= 0.6 is 11.6 Å². The smallest absolute Gasteiger partial charge is 0.293 e. The summed E-state index contributed by atoms with van der Waals surface area (Å²) >= 11 is 5.82. The SMILES string of the molecule is Nc1cc(Cl)c(C#CCCO)cc1[N+](=O)[O-]. The molecular formula is C10H9ClN2O3. The van der Waals surface area contributed by atoms with Gasteiger partial charge < -0.3 is 10.8 Å². The minimum Gasteiger partial charge on any atom is -0.395 e. The Balaban J connectivity index is 3.16. The number of hydrogen-bond donors (Lipinski definition) is 2. The largest absolute Gasteiger partial charge is 0.395 e. The van der Waals surface area contributed by atoms with E-state index in [0.717, 1.165) is 0 Å². The zero-order chi connectivity index (χ0) is 12.1. The van der Waals surface area contributed by atoms with Gasteiger partial charge in [-0.05, 0) is 6.07 Å². The maximum Gasteiger partial charge on any atom is 0.293 e. The summed E-state index contributed by atoms with van der Waals surface area (Å²) in [6, 6.07) is 2.52. The predicted octanol–water partition coefficient (Wildman–Crippen LogP) is 1.56. The number of benzene rings is 1. The Morgan fingerprint density at radius 3 is 2.81 bits per heavy atom. The number of nitrogens with two attached hydrogens (primary N) is 1. The van der Waals surface area contributed by atoms with Crippen molar-refractivity contribution in [2.24, 2.45) is 0 Å². The van der Waals surface area contributed by atoms with Crippen molar-refractivity contribution in [2.45, 2.75) is 6.42 Å².